The Morgan fingerprint density at radius 2 is 2.27 bits per heavy atom. The van der Waals surface area contributed by atoms with Gasteiger partial charge in [0, 0.05) is 12.3 Å². The molecule has 0 amide bonds. The van der Waals surface area contributed by atoms with E-state index in [0.29, 0.717) is 11.4 Å². The molecule has 0 aromatic carbocycles. The van der Waals surface area contributed by atoms with Crippen molar-refractivity contribution >= 4 is 23.2 Å². The average molecular weight is 192 g/mol. The summed E-state index contributed by atoms with van der Waals surface area (Å²) in [7, 11) is 1.58. The summed E-state index contributed by atoms with van der Waals surface area (Å²) in [6, 6.07) is 3.43. The minimum absolute atomic E-state index is 0.593. The Kier molecular flexibility index (Phi) is 2.97. The maximum atomic E-state index is 5.58. The van der Waals surface area contributed by atoms with E-state index in [1.54, 1.807) is 25.4 Å². The van der Waals surface area contributed by atoms with Crippen LogP contribution in [0.15, 0.2) is 18.3 Å². The van der Waals surface area contributed by atoms with Crippen LogP contribution in [0.5, 0.6) is 5.75 Å². The van der Waals surface area contributed by atoms with E-state index >= 15 is 0 Å². The average Bonchev–Trinajstić information content (AvgIpc) is 2.05. The fourth-order valence-electron chi connectivity index (χ4n) is 0.674. The minimum atomic E-state index is -0.593. The Morgan fingerprint density at radius 1 is 1.55 bits per heavy atom. The Balaban J connectivity index is 2.91. The van der Waals surface area contributed by atoms with Crippen molar-refractivity contribution in [3.05, 3.63) is 24.0 Å². The summed E-state index contributed by atoms with van der Waals surface area (Å²) in [5, 5.41) is 0. The van der Waals surface area contributed by atoms with Gasteiger partial charge in [0.05, 0.1) is 12.8 Å². The van der Waals surface area contributed by atoms with Crippen molar-refractivity contribution in [2.75, 3.05) is 7.11 Å². The zero-order valence-corrected chi connectivity index (χ0v) is 7.43. The highest BCUT2D eigenvalue weighted by molar-refractivity contribution is 6.43. The predicted molar refractivity (Wildman–Crippen MR) is 45.2 cm³/mol. The molecule has 0 N–H and O–H groups in total. The molecule has 1 aromatic rings. The molecule has 0 spiro atoms. The Morgan fingerprint density at radius 3 is 2.82 bits per heavy atom. The van der Waals surface area contributed by atoms with Gasteiger partial charge in [0.1, 0.15) is 10.6 Å². The standard InChI is InChI=1S/C7H7Cl2NO/c1-11-5-2-3-10-6(4-5)7(8)9/h2-4,7H,1H3. The normalized spacial score (nSPS) is 10.2. The summed E-state index contributed by atoms with van der Waals surface area (Å²) in [6.07, 6.45) is 1.60. The van der Waals surface area contributed by atoms with Crippen LogP contribution in [-0.2, 0) is 0 Å². The third-order valence-corrected chi connectivity index (χ3v) is 1.66. The molecule has 2 nitrogen and oxygen atoms in total. The van der Waals surface area contributed by atoms with E-state index in [1.165, 1.54) is 0 Å². The number of pyridine rings is 1. The first-order chi connectivity index (χ1) is 5.24. The molecular weight excluding hydrogens is 185 g/mol. The molecule has 0 saturated heterocycles. The summed E-state index contributed by atoms with van der Waals surface area (Å²) in [4.78, 5) is 3.35. The fourth-order valence-corrected chi connectivity index (χ4v) is 0.913. The molecule has 11 heavy (non-hydrogen) atoms. The predicted octanol–water partition coefficient (Wildman–Crippen LogP) is 2.57. The molecule has 4 heteroatoms. The lowest BCUT2D eigenvalue weighted by molar-refractivity contribution is 0.413. The molecule has 1 heterocycles. The van der Waals surface area contributed by atoms with Gasteiger partial charge in [0.25, 0.3) is 0 Å². The van der Waals surface area contributed by atoms with Crippen LogP contribution in [0, 0.1) is 0 Å². The van der Waals surface area contributed by atoms with Crippen LogP contribution in [0.25, 0.3) is 0 Å². The number of nitrogens with zero attached hydrogens (tertiary/aromatic N) is 1. The molecule has 0 aliphatic heterocycles. The van der Waals surface area contributed by atoms with Gasteiger partial charge in [-0.15, -0.1) is 0 Å². The molecule has 0 bridgehead atoms. The van der Waals surface area contributed by atoms with Gasteiger partial charge in [-0.05, 0) is 6.07 Å². The number of alkyl halides is 2. The summed E-state index contributed by atoms with van der Waals surface area (Å²) in [6.45, 7) is 0. The SMILES string of the molecule is COc1ccnc(C(Cl)Cl)c1. The van der Waals surface area contributed by atoms with Gasteiger partial charge in [0.2, 0.25) is 0 Å². The van der Waals surface area contributed by atoms with E-state index in [2.05, 4.69) is 4.98 Å². The van der Waals surface area contributed by atoms with Gasteiger partial charge in [0.15, 0.2) is 0 Å². The van der Waals surface area contributed by atoms with E-state index in [-0.39, 0.29) is 0 Å². The molecule has 60 valence electrons. The van der Waals surface area contributed by atoms with Crippen LogP contribution in [-0.4, -0.2) is 12.1 Å². The van der Waals surface area contributed by atoms with E-state index in [4.69, 9.17) is 27.9 Å². The number of aromatic nitrogens is 1. The van der Waals surface area contributed by atoms with Crippen LogP contribution in [0.1, 0.15) is 10.5 Å². The van der Waals surface area contributed by atoms with Gasteiger partial charge in [-0.2, -0.15) is 0 Å². The van der Waals surface area contributed by atoms with Gasteiger partial charge in [-0.25, -0.2) is 0 Å². The molecule has 0 fully saturated rings. The van der Waals surface area contributed by atoms with Gasteiger partial charge in [-0.1, -0.05) is 23.2 Å². The number of halogens is 2. The minimum Gasteiger partial charge on any atom is -0.497 e. The number of rotatable bonds is 2. The van der Waals surface area contributed by atoms with Crippen molar-refractivity contribution in [3.63, 3.8) is 0 Å². The van der Waals surface area contributed by atoms with Crippen molar-refractivity contribution in [1.82, 2.24) is 4.98 Å². The maximum Gasteiger partial charge on any atom is 0.149 e. The maximum absolute atomic E-state index is 5.58. The van der Waals surface area contributed by atoms with Gasteiger partial charge < -0.3 is 4.74 Å². The first-order valence-electron chi connectivity index (χ1n) is 3.02. The molecular formula is C7H7Cl2NO. The summed E-state index contributed by atoms with van der Waals surface area (Å²) >= 11 is 11.2. The van der Waals surface area contributed by atoms with E-state index in [9.17, 15) is 0 Å². The molecule has 1 rings (SSSR count). The first kappa shape index (κ1) is 8.62. The Bertz CT molecular complexity index is 240. The molecule has 0 radical (unpaired) electrons. The lowest BCUT2D eigenvalue weighted by Crippen LogP contribution is -1.89. The number of ether oxygens (including phenoxy) is 1. The Labute approximate surface area is 75.1 Å². The second kappa shape index (κ2) is 3.79. The molecule has 0 aliphatic carbocycles. The third-order valence-electron chi connectivity index (χ3n) is 1.21. The van der Waals surface area contributed by atoms with Crippen LogP contribution in [0.2, 0.25) is 0 Å². The van der Waals surface area contributed by atoms with Gasteiger partial charge >= 0.3 is 0 Å². The second-order valence-electron chi connectivity index (χ2n) is 1.92. The smallest absolute Gasteiger partial charge is 0.149 e. The molecule has 0 unspecified atom stereocenters. The lowest BCUT2D eigenvalue weighted by atomic mass is 10.3. The summed E-state index contributed by atoms with van der Waals surface area (Å²) in [5.74, 6) is 0.710. The van der Waals surface area contributed by atoms with E-state index in [0.717, 1.165) is 0 Å². The summed E-state index contributed by atoms with van der Waals surface area (Å²) < 4.78 is 4.95. The van der Waals surface area contributed by atoms with Crippen molar-refractivity contribution in [3.8, 4) is 5.75 Å². The fraction of sp³-hybridized carbons (Fsp3) is 0.286. The van der Waals surface area contributed by atoms with Crippen LogP contribution >= 0.6 is 23.2 Å². The van der Waals surface area contributed by atoms with Crippen LogP contribution < -0.4 is 4.74 Å². The van der Waals surface area contributed by atoms with Gasteiger partial charge in [-0.3, -0.25) is 4.98 Å². The highest BCUT2D eigenvalue weighted by Gasteiger charge is 2.04. The van der Waals surface area contributed by atoms with Crippen LogP contribution in [0.4, 0.5) is 0 Å². The first-order valence-corrected chi connectivity index (χ1v) is 3.89. The molecule has 0 atom stereocenters. The highest BCUT2D eigenvalue weighted by atomic mass is 35.5. The van der Waals surface area contributed by atoms with Crippen molar-refractivity contribution in [2.24, 2.45) is 0 Å². The largest absolute Gasteiger partial charge is 0.497 e. The zero-order chi connectivity index (χ0) is 8.27. The van der Waals surface area contributed by atoms with E-state index < -0.39 is 4.84 Å². The van der Waals surface area contributed by atoms with Crippen molar-refractivity contribution in [2.45, 2.75) is 4.84 Å². The summed E-state index contributed by atoms with van der Waals surface area (Å²) in [5.41, 5.74) is 0.604. The van der Waals surface area contributed by atoms with Crippen LogP contribution in [0.3, 0.4) is 0 Å². The topological polar surface area (TPSA) is 22.1 Å². The third kappa shape index (κ3) is 2.24. The molecule has 0 saturated carbocycles. The Hall–Kier alpha value is -0.470. The second-order valence-corrected chi connectivity index (χ2v) is 3.02. The highest BCUT2D eigenvalue weighted by Crippen LogP contribution is 2.24. The molecule has 1 aromatic heterocycles. The zero-order valence-electron chi connectivity index (χ0n) is 5.92. The van der Waals surface area contributed by atoms with Crippen molar-refractivity contribution < 1.29 is 4.74 Å². The quantitative estimate of drug-likeness (QED) is 0.671. The number of hydrogen-bond acceptors (Lipinski definition) is 2. The monoisotopic (exact) mass is 191 g/mol. The lowest BCUT2D eigenvalue weighted by Gasteiger charge is -2.02. The number of hydrogen-bond donors (Lipinski definition) is 0. The van der Waals surface area contributed by atoms with Crippen molar-refractivity contribution in [1.29, 1.82) is 0 Å². The number of methoxy groups -OCH3 is 1. The molecule has 0 aliphatic rings. The van der Waals surface area contributed by atoms with E-state index in [1.807, 2.05) is 0 Å².